The van der Waals surface area contributed by atoms with E-state index in [0.717, 1.165) is 37.1 Å². The fourth-order valence-electron chi connectivity index (χ4n) is 3.80. The lowest BCUT2D eigenvalue weighted by Gasteiger charge is -2.36. The summed E-state index contributed by atoms with van der Waals surface area (Å²) < 4.78 is 6.35. The summed E-state index contributed by atoms with van der Waals surface area (Å²) in [4.78, 5) is 15.2. The molecule has 0 saturated carbocycles. The Labute approximate surface area is 213 Å². The molecule has 0 aliphatic carbocycles. The minimum absolute atomic E-state index is 0.166. The zero-order valence-electron chi connectivity index (χ0n) is 22.1. The molecule has 1 amide bonds. The molecule has 35 heavy (non-hydrogen) atoms. The fraction of sp³-hybridized carbons (Fsp3) is 0.387. The first-order chi connectivity index (χ1) is 16.7. The highest BCUT2D eigenvalue weighted by atomic mass is 28.4. The number of nitrogens with zero attached hydrogens (tertiary/aromatic N) is 1. The highest BCUT2D eigenvalue weighted by molar-refractivity contribution is 6.74. The molecule has 3 aromatic rings. The quantitative estimate of drug-likeness (QED) is 0.258. The Morgan fingerprint density at radius 1 is 0.771 bits per heavy atom. The van der Waals surface area contributed by atoms with Crippen LogP contribution in [0.4, 0.5) is 5.69 Å². The second kappa shape index (κ2) is 12.3. The van der Waals surface area contributed by atoms with E-state index in [-0.39, 0.29) is 10.9 Å². The van der Waals surface area contributed by atoms with Crippen LogP contribution in [0.1, 0.15) is 50.3 Å². The second-order valence-corrected chi connectivity index (χ2v) is 15.6. The molecule has 3 rings (SSSR count). The Kier molecular flexibility index (Phi) is 9.47. The van der Waals surface area contributed by atoms with Gasteiger partial charge in [-0.3, -0.25) is 4.79 Å². The summed E-state index contributed by atoms with van der Waals surface area (Å²) in [7, 11) is -1.74. The summed E-state index contributed by atoms with van der Waals surface area (Å²) in [6.07, 6.45) is 3.18. The van der Waals surface area contributed by atoms with E-state index in [2.05, 4.69) is 94.5 Å². The number of hydrogen-bond donors (Lipinski definition) is 0. The summed E-state index contributed by atoms with van der Waals surface area (Å²) in [6, 6.07) is 29.1. The molecule has 0 heterocycles. The second-order valence-electron chi connectivity index (χ2n) is 10.8. The minimum atomic E-state index is -1.74. The van der Waals surface area contributed by atoms with Crippen molar-refractivity contribution in [2.24, 2.45) is 0 Å². The Bertz CT molecular complexity index is 1040. The number of carbonyl (C=O) groups excluding carboxylic acids is 1. The molecule has 0 atom stereocenters. The maximum Gasteiger partial charge on any atom is 0.227 e. The molecule has 0 N–H and O–H groups in total. The lowest BCUT2D eigenvalue weighted by atomic mass is 10.1. The van der Waals surface area contributed by atoms with Crippen molar-refractivity contribution in [1.29, 1.82) is 0 Å². The van der Waals surface area contributed by atoms with Gasteiger partial charge in [0.05, 0.1) is 6.54 Å². The number of benzene rings is 3. The first-order valence-corrected chi connectivity index (χ1v) is 15.7. The number of carbonyl (C=O) groups is 1. The number of anilines is 1. The van der Waals surface area contributed by atoms with Gasteiger partial charge in [0.15, 0.2) is 8.32 Å². The smallest absolute Gasteiger partial charge is 0.227 e. The third-order valence-corrected chi connectivity index (χ3v) is 11.6. The first-order valence-electron chi connectivity index (χ1n) is 12.8. The zero-order chi connectivity index (χ0) is 25.3. The Morgan fingerprint density at radius 3 is 1.89 bits per heavy atom. The largest absolute Gasteiger partial charge is 0.416 e. The molecule has 0 bridgehead atoms. The summed E-state index contributed by atoms with van der Waals surface area (Å²) >= 11 is 0. The number of aryl methyl sites for hydroxylation is 1. The molecule has 0 saturated heterocycles. The maximum atomic E-state index is 13.3. The molecular formula is C31H41NO2Si. The lowest BCUT2D eigenvalue weighted by Crippen LogP contribution is -2.41. The molecule has 0 aliphatic rings. The summed E-state index contributed by atoms with van der Waals surface area (Å²) in [6.45, 7) is 12.7. The summed E-state index contributed by atoms with van der Waals surface area (Å²) in [5, 5.41) is 0.218. The Morgan fingerprint density at radius 2 is 1.31 bits per heavy atom. The van der Waals surface area contributed by atoms with Gasteiger partial charge >= 0.3 is 0 Å². The van der Waals surface area contributed by atoms with E-state index in [4.69, 9.17) is 4.43 Å². The Balaban J connectivity index is 1.64. The van der Waals surface area contributed by atoms with Gasteiger partial charge in [0.1, 0.15) is 0 Å². The highest BCUT2D eigenvalue weighted by Crippen LogP contribution is 2.36. The third kappa shape index (κ3) is 8.19. The molecular weight excluding hydrogens is 446 g/mol. The van der Waals surface area contributed by atoms with E-state index in [1.165, 1.54) is 11.1 Å². The van der Waals surface area contributed by atoms with Crippen molar-refractivity contribution < 1.29 is 9.22 Å². The topological polar surface area (TPSA) is 29.5 Å². The van der Waals surface area contributed by atoms with E-state index >= 15 is 0 Å². The molecule has 0 radical (unpaired) electrons. The Hall–Kier alpha value is -2.69. The number of rotatable bonds is 11. The van der Waals surface area contributed by atoms with Crippen molar-refractivity contribution in [2.75, 3.05) is 11.5 Å². The highest BCUT2D eigenvalue weighted by Gasteiger charge is 2.36. The van der Waals surface area contributed by atoms with Gasteiger partial charge in [-0.1, -0.05) is 93.6 Å². The van der Waals surface area contributed by atoms with Gasteiger partial charge in [0, 0.05) is 18.7 Å². The third-order valence-electron chi connectivity index (χ3n) is 7.09. The summed E-state index contributed by atoms with van der Waals surface area (Å²) in [5.74, 6) is 0.166. The zero-order valence-corrected chi connectivity index (χ0v) is 23.1. The van der Waals surface area contributed by atoms with Crippen LogP contribution in [0.25, 0.3) is 0 Å². The van der Waals surface area contributed by atoms with Crippen LogP contribution in [0, 0.1) is 0 Å². The van der Waals surface area contributed by atoms with Crippen molar-refractivity contribution in [3.8, 4) is 0 Å². The SMILES string of the molecule is CC(C)(C)[Si](C)(C)OCCc1ccc(N(Cc2ccccc2)C(=O)CCCc2ccccc2)cc1. The van der Waals surface area contributed by atoms with Gasteiger partial charge in [0.2, 0.25) is 5.91 Å². The van der Waals surface area contributed by atoms with Crippen molar-refractivity contribution in [3.63, 3.8) is 0 Å². The van der Waals surface area contributed by atoms with Crippen molar-refractivity contribution >= 4 is 19.9 Å². The fourth-order valence-corrected chi connectivity index (χ4v) is 4.84. The van der Waals surface area contributed by atoms with Gasteiger partial charge in [0.25, 0.3) is 0 Å². The number of hydrogen-bond acceptors (Lipinski definition) is 2. The first kappa shape index (κ1) is 26.9. The van der Waals surface area contributed by atoms with Gasteiger partial charge < -0.3 is 9.33 Å². The molecule has 0 aromatic heterocycles. The van der Waals surface area contributed by atoms with Gasteiger partial charge in [-0.2, -0.15) is 0 Å². The van der Waals surface area contributed by atoms with Crippen LogP contribution < -0.4 is 4.90 Å². The van der Waals surface area contributed by atoms with Crippen LogP contribution >= 0.6 is 0 Å². The minimum Gasteiger partial charge on any atom is -0.416 e. The molecule has 4 heteroatoms. The van der Waals surface area contributed by atoms with Crippen LogP contribution in [0.2, 0.25) is 18.1 Å². The molecule has 3 nitrogen and oxygen atoms in total. The van der Waals surface area contributed by atoms with Crippen LogP contribution in [-0.2, 0) is 28.6 Å². The summed E-state index contributed by atoms with van der Waals surface area (Å²) in [5.41, 5.74) is 4.60. The predicted molar refractivity (Wildman–Crippen MR) is 150 cm³/mol. The van der Waals surface area contributed by atoms with Crippen LogP contribution in [0.5, 0.6) is 0 Å². The van der Waals surface area contributed by atoms with Crippen molar-refractivity contribution in [2.45, 2.75) is 71.1 Å². The van der Waals surface area contributed by atoms with Crippen LogP contribution in [-0.4, -0.2) is 20.8 Å². The van der Waals surface area contributed by atoms with Gasteiger partial charge in [-0.25, -0.2) is 0 Å². The molecule has 0 spiro atoms. The number of amides is 1. The van der Waals surface area contributed by atoms with Crippen LogP contribution in [0.15, 0.2) is 84.9 Å². The van der Waals surface area contributed by atoms with E-state index in [0.29, 0.717) is 13.0 Å². The van der Waals surface area contributed by atoms with Crippen molar-refractivity contribution in [3.05, 3.63) is 102 Å². The normalized spacial score (nSPS) is 11.9. The van der Waals surface area contributed by atoms with Crippen molar-refractivity contribution in [1.82, 2.24) is 0 Å². The predicted octanol–water partition coefficient (Wildman–Crippen LogP) is 7.81. The maximum absolute atomic E-state index is 13.3. The monoisotopic (exact) mass is 487 g/mol. The average molecular weight is 488 g/mol. The van der Waals surface area contributed by atoms with E-state index in [1.54, 1.807) is 0 Å². The van der Waals surface area contributed by atoms with Gasteiger partial charge in [-0.05, 0) is 66.2 Å². The average Bonchev–Trinajstić information content (AvgIpc) is 2.83. The molecule has 186 valence electrons. The molecule has 0 fully saturated rings. The van der Waals surface area contributed by atoms with E-state index < -0.39 is 8.32 Å². The molecule has 0 aliphatic heterocycles. The van der Waals surface area contributed by atoms with Gasteiger partial charge in [-0.15, -0.1) is 0 Å². The molecule has 0 unspecified atom stereocenters. The van der Waals surface area contributed by atoms with E-state index in [1.807, 2.05) is 29.2 Å². The standard InChI is InChI=1S/C31H41NO2Si/c1-31(2,3)35(4,5)34-24-23-27-19-21-29(22-20-27)32(25-28-15-10-7-11-16-28)30(33)18-12-17-26-13-8-6-9-14-26/h6-11,13-16,19-22H,12,17-18,23-25H2,1-5H3. The van der Waals surface area contributed by atoms with E-state index in [9.17, 15) is 4.79 Å². The lowest BCUT2D eigenvalue weighted by molar-refractivity contribution is -0.118. The van der Waals surface area contributed by atoms with Crippen LogP contribution in [0.3, 0.4) is 0 Å². The molecule has 3 aromatic carbocycles.